The van der Waals surface area contributed by atoms with E-state index in [-0.39, 0.29) is 12.1 Å². The van der Waals surface area contributed by atoms with Crippen molar-refractivity contribution in [2.75, 3.05) is 26.4 Å². The standard InChI is InChI=1S/C16H29NO3/c18-12-16(17-14-3-4-14)7-1-2-15(10-16)20-11-13-5-8-19-9-6-13/h13-15,17-18H,1-12H2. The summed E-state index contributed by atoms with van der Waals surface area (Å²) in [4.78, 5) is 0. The largest absolute Gasteiger partial charge is 0.394 e. The Kier molecular flexibility index (Phi) is 4.97. The van der Waals surface area contributed by atoms with E-state index >= 15 is 0 Å². The highest BCUT2D eigenvalue weighted by Gasteiger charge is 2.40. The molecule has 1 aliphatic heterocycles. The van der Waals surface area contributed by atoms with Gasteiger partial charge in [-0.25, -0.2) is 0 Å². The highest BCUT2D eigenvalue weighted by Crippen LogP contribution is 2.34. The molecule has 0 aromatic rings. The van der Waals surface area contributed by atoms with Crippen LogP contribution >= 0.6 is 0 Å². The molecule has 0 amide bonds. The predicted octanol–water partition coefficient (Wildman–Crippen LogP) is 1.86. The Hall–Kier alpha value is -0.160. The van der Waals surface area contributed by atoms with E-state index in [1.54, 1.807) is 0 Å². The fourth-order valence-corrected chi connectivity index (χ4v) is 3.62. The molecule has 2 N–H and O–H groups in total. The van der Waals surface area contributed by atoms with Crippen LogP contribution in [0.3, 0.4) is 0 Å². The molecule has 0 aromatic heterocycles. The second kappa shape index (κ2) is 6.73. The lowest BCUT2D eigenvalue weighted by Crippen LogP contribution is -2.54. The molecule has 1 heterocycles. The van der Waals surface area contributed by atoms with Crippen LogP contribution < -0.4 is 5.32 Å². The first-order chi connectivity index (χ1) is 9.80. The predicted molar refractivity (Wildman–Crippen MR) is 77.7 cm³/mol. The maximum Gasteiger partial charge on any atom is 0.0614 e. The summed E-state index contributed by atoms with van der Waals surface area (Å²) in [6, 6.07) is 0.649. The van der Waals surface area contributed by atoms with Gasteiger partial charge in [0.1, 0.15) is 0 Å². The van der Waals surface area contributed by atoms with Crippen molar-refractivity contribution in [3.63, 3.8) is 0 Å². The number of aliphatic hydroxyl groups excluding tert-OH is 1. The second-order valence-corrected chi connectivity index (χ2v) is 6.96. The minimum absolute atomic E-state index is 0.0697. The van der Waals surface area contributed by atoms with Crippen LogP contribution in [0, 0.1) is 5.92 Å². The maximum atomic E-state index is 9.82. The molecule has 3 rings (SSSR count). The van der Waals surface area contributed by atoms with Crippen molar-refractivity contribution < 1.29 is 14.6 Å². The molecule has 116 valence electrons. The van der Waals surface area contributed by atoms with Crippen LogP contribution in [-0.4, -0.2) is 49.2 Å². The lowest BCUT2D eigenvalue weighted by Gasteiger charge is -2.41. The van der Waals surface area contributed by atoms with Crippen molar-refractivity contribution >= 4 is 0 Å². The zero-order valence-corrected chi connectivity index (χ0v) is 12.5. The third-order valence-electron chi connectivity index (χ3n) is 5.10. The normalized spacial score (nSPS) is 36.1. The van der Waals surface area contributed by atoms with E-state index < -0.39 is 0 Å². The molecule has 4 heteroatoms. The van der Waals surface area contributed by atoms with Gasteiger partial charge in [0.05, 0.1) is 12.7 Å². The van der Waals surface area contributed by atoms with E-state index in [2.05, 4.69) is 5.32 Å². The van der Waals surface area contributed by atoms with E-state index in [1.165, 1.54) is 19.3 Å². The Balaban J connectivity index is 1.46. The van der Waals surface area contributed by atoms with Crippen molar-refractivity contribution in [3.05, 3.63) is 0 Å². The molecule has 3 fully saturated rings. The van der Waals surface area contributed by atoms with Crippen molar-refractivity contribution in [3.8, 4) is 0 Å². The first-order valence-electron chi connectivity index (χ1n) is 8.38. The summed E-state index contributed by atoms with van der Waals surface area (Å²) >= 11 is 0. The van der Waals surface area contributed by atoms with Crippen molar-refractivity contribution in [2.24, 2.45) is 5.92 Å². The quantitative estimate of drug-likeness (QED) is 0.781. The van der Waals surface area contributed by atoms with Crippen LogP contribution in [0.15, 0.2) is 0 Å². The molecule has 2 aliphatic carbocycles. The van der Waals surface area contributed by atoms with Gasteiger partial charge in [-0.2, -0.15) is 0 Å². The molecule has 20 heavy (non-hydrogen) atoms. The molecule has 0 aromatic carbocycles. The maximum absolute atomic E-state index is 9.82. The summed E-state index contributed by atoms with van der Waals surface area (Å²) in [6.45, 7) is 2.91. The zero-order chi connectivity index (χ0) is 13.8. The molecular formula is C16H29NO3. The van der Waals surface area contributed by atoms with Crippen molar-refractivity contribution in [2.45, 2.75) is 69.1 Å². The highest BCUT2D eigenvalue weighted by atomic mass is 16.5. The SMILES string of the molecule is OCC1(NC2CC2)CCCC(OCC2CCOCC2)C1. The van der Waals surface area contributed by atoms with Crippen molar-refractivity contribution in [1.29, 1.82) is 0 Å². The van der Waals surface area contributed by atoms with Gasteiger partial charge < -0.3 is 19.9 Å². The van der Waals surface area contributed by atoms with Gasteiger partial charge in [-0.05, 0) is 57.3 Å². The van der Waals surface area contributed by atoms with Crippen molar-refractivity contribution in [1.82, 2.24) is 5.32 Å². The molecule has 0 bridgehead atoms. The minimum Gasteiger partial charge on any atom is -0.394 e. The molecule has 4 nitrogen and oxygen atoms in total. The number of nitrogens with one attached hydrogen (secondary N) is 1. The third-order valence-corrected chi connectivity index (χ3v) is 5.10. The average Bonchev–Trinajstić information content (AvgIpc) is 3.30. The van der Waals surface area contributed by atoms with Gasteiger partial charge in [-0.3, -0.25) is 0 Å². The van der Waals surface area contributed by atoms with Gasteiger partial charge in [0.2, 0.25) is 0 Å². The summed E-state index contributed by atoms with van der Waals surface area (Å²) in [5.41, 5.74) is -0.0697. The molecule has 2 saturated carbocycles. The van der Waals surface area contributed by atoms with Crippen LogP contribution in [0.25, 0.3) is 0 Å². The Labute approximate surface area is 122 Å². The molecule has 1 saturated heterocycles. The minimum atomic E-state index is -0.0697. The summed E-state index contributed by atoms with van der Waals surface area (Å²) < 4.78 is 11.6. The van der Waals surface area contributed by atoms with E-state index in [9.17, 15) is 5.11 Å². The van der Waals surface area contributed by atoms with Crippen LogP contribution in [0.2, 0.25) is 0 Å². The lowest BCUT2D eigenvalue weighted by atomic mass is 9.80. The Morgan fingerprint density at radius 1 is 1.15 bits per heavy atom. The second-order valence-electron chi connectivity index (χ2n) is 6.96. The average molecular weight is 283 g/mol. The first-order valence-corrected chi connectivity index (χ1v) is 8.38. The number of aliphatic hydroxyl groups is 1. The smallest absolute Gasteiger partial charge is 0.0614 e. The van der Waals surface area contributed by atoms with Crippen LogP contribution in [0.1, 0.15) is 51.4 Å². The monoisotopic (exact) mass is 283 g/mol. The van der Waals surface area contributed by atoms with Gasteiger partial charge in [-0.1, -0.05) is 0 Å². The number of hydrogen-bond donors (Lipinski definition) is 2. The molecular weight excluding hydrogens is 254 g/mol. The van der Waals surface area contributed by atoms with Gasteiger partial charge in [0.15, 0.2) is 0 Å². The number of hydrogen-bond acceptors (Lipinski definition) is 4. The zero-order valence-electron chi connectivity index (χ0n) is 12.5. The highest BCUT2D eigenvalue weighted by molar-refractivity contribution is 4.99. The summed E-state index contributed by atoms with van der Waals surface area (Å²) in [6.07, 6.45) is 9.53. The number of ether oxygens (including phenoxy) is 2. The Morgan fingerprint density at radius 2 is 1.95 bits per heavy atom. The topological polar surface area (TPSA) is 50.7 Å². The third kappa shape index (κ3) is 3.94. The van der Waals surface area contributed by atoms with E-state index in [0.717, 1.165) is 51.9 Å². The molecule has 0 spiro atoms. The summed E-state index contributed by atoms with van der Waals surface area (Å²) in [7, 11) is 0. The van der Waals surface area contributed by atoms with E-state index in [4.69, 9.17) is 9.47 Å². The van der Waals surface area contributed by atoms with Gasteiger partial charge in [0.25, 0.3) is 0 Å². The fraction of sp³-hybridized carbons (Fsp3) is 1.00. The number of rotatable bonds is 6. The summed E-state index contributed by atoms with van der Waals surface area (Å²) in [5.74, 6) is 0.672. The van der Waals surface area contributed by atoms with Crippen LogP contribution in [0.5, 0.6) is 0 Å². The van der Waals surface area contributed by atoms with Gasteiger partial charge in [0, 0.05) is 31.4 Å². The Bertz CT molecular complexity index is 302. The fourth-order valence-electron chi connectivity index (χ4n) is 3.62. The van der Waals surface area contributed by atoms with Crippen LogP contribution in [-0.2, 0) is 9.47 Å². The molecule has 2 atom stereocenters. The summed E-state index contributed by atoms with van der Waals surface area (Å²) in [5, 5.41) is 13.5. The molecule has 0 radical (unpaired) electrons. The molecule has 3 aliphatic rings. The molecule has 2 unspecified atom stereocenters. The van der Waals surface area contributed by atoms with E-state index in [1.807, 2.05) is 0 Å². The van der Waals surface area contributed by atoms with Gasteiger partial charge >= 0.3 is 0 Å². The van der Waals surface area contributed by atoms with Crippen LogP contribution in [0.4, 0.5) is 0 Å². The van der Waals surface area contributed by atoms with E-state index in [0.29, 0.717) is 18.1 Å². The van der Waals surface area contributed by atoms with Gasteiger partial charge in [-0.15, -0.1) is 0 Å². The lowest BCUT2D eigenvalue weighted by molar-refractivity contribution is -0.0462. The Morgan fingerprint density at radius 3 is 2.65 bits per heavy atom. The first kappa shape index (κ1) is 14.8.